The lowest BCUT2D eigenvalue weighted by molar-refractivity contribution is 0.407. The number of hydrogen-bond donors (Lipinski definition) is 1. The summed E-state index contributed by atoms with van der Waals surface area (Å²) in [5.41, 5.74) is 1.35. The first kappa shape index (κ1) is 19.8. The van der Waals surface area contributed by atoms with Crippen LogP contribution in [0.5, 0.6) is 0 Å². The van der Waals surface area contributed by atoms with Crippen molar-refractivity contribution in [2.75, 3.05) is 25.4 Å². The van der Waals surface area contributed by atoms with Crippen LogP contribution in [0.1, 0.15) is 31.7 Å². The maximum atomic E-state index is 4.90. The second-order valence-electron chi connectivity index (χ2n) is 6.79. The first-order valence-electron chi connectivity index (χ1n) is 9.99. The number of nitrogens with one attached hydrogen (secondary N) is 1. The normalized spacial score (nSPS) is 17.9. The minimum Gasteiger partial charge on any atom is -0.357 e. The van der Waals surface area contributed by atoms with Gasteiger partial charge < -0.3 is 14.8 Å². The quantitative estimate of drug-likeness (QED) is 0.586. The Bertz CT molecular complexity index is 712. The topological polar surface area (TPSA) is 45.5 Å². The van der Waals surface area contributed by atoms with Crippen molar-refractivity contribution in [3.63, 3.8) is 0 Å². The summed E-state index contributed by atoms with van der Waals surface area (Å²) in [6.45, 7) is 8.99. The van der Waals surface area contributed by atoms with Gasteiger partial charge in [-0.15, -0.1) is 0 Å². The summed E-state index contributed by atoms with van der Waals surface area (Å²) in [6, 6.07) is 10.6. The standard InChI is InChI=1S/C21H31N5S/c1-3-19-17-26(14-15-27-19)21(22-4-2)24-16-20-23-11-13-25(20)12-10-18-8-6-5-7-9-18/h5-9,11,13,19H,3-4,10,12,14-17H2,1-2H3,(H,22,24). The molecule has 27 heavy (non-hydrogen) atoms. The number of benzene rings is 1. The second kappa shape index (κ2) is 10.4. The summed E-state index contributed by atoms with van der Waals surface area (Å²) in [4.78, 5) is 11.9. The fourth-order valence-electron chi connectivity index (χ4n) is 3.32. The van der Waals surface area contributed by atoms with E-state index in [4.69, 9.17) is 4.99 Å². The average molecular weight is 386 g/mol. The summed E-state index contributed by atoms with van der Waals surface area (Å²) in [6.07, 6.45) is 6.17. The third kappa shape index (κ3) is 5.76. The van der Waals surface area contributed by atoms with E-state index >= 15 is 0 Å². The van der Waals surface area contributed by atoms with Gasteiger partial charge in [0.05, 0.1) is 0 Å². The number of nitrogens with zero attached hydrogens (tertiary/aromatic N) is 4. The van der Waals surface area contributed by atoms with Gasteiger partial charge in [0, 0.05) is 49.6 Å². The fraction of sp³-hybridized carbons (Fsp3) is 0.524. The number of rotatable bonds is 7. The molecule has 1 N–H and O–H groups in total. The van der Waals surface area contributed by atoms with Crippen LogP contribution in [-0.4, -0.2) is 51.0 Å². The Morgan fingerprint density at radius 1 is 1.30 bits per heavy atom. The molecule has 1 saturated heterocycles. The van der Waals surface area contributed by atoms with E-state index in [0.29, 0.717) is 11.8 Å². The van der Waals surface area contributed by atoms with Crippen LogP contribution in [0.2, 0.25) is 0 Å². The van der Waals surface area contributed by atoms with Crippen molar-refractivity contribution in [2.45, 2.75) is 45.0 Å². The van der Waals surface area contributed by atoms with Gasteiger partial charge in [0.25, 0.3) is 0 Å². The molecule has 1 fully saturated rings. The van der Waals surface area contributed by atoms with Crippen molar-refractivity contribution in [1.82, 2.24) is 19.8 Å². The van der Waals surface area contributed by atoms with Gasteiger partial charge in [0.1, 0.15) is 12.4 Å². The van der Waals surface area contributed by atoms with E-state index in [-0.39, 0.29) is 0 Å². The summed E-state index contributed by atoms with van der Waals surface area (Å²) in [5.74, 6) is 3.22. The molecule has 1 aromatic carbocycles. The smallest absolute Gasteiger partial charge is 0.194 e. The summed E-state index contributed by atoms with van der Waals surface area (Å²) < 4.78 is 2.22. The van der Waals surface area contributed by atoms with Gasteiger partial charge in [-0.1, -0.05) is 37.3 Å². The number of thioether (sulfide) groups is 1. The molecule has 1 atom stereocenters. The minimum atomic E-state index is 0.616. The van der Waals surface area contributed by atoms with E-state index in [1.807, 2.05) is 6.20 Å². The molecule has 2 heterocycles. The molecule has 0 radical (unpaired) electrons. The van der Waals surface area contributed by atoms with Crippen LogP contribution in [0.3, 0.4) is 0 Å². The lowest BCUT2D eigenvalue weighted by atomic mass is 10.1. The van der Waals surface area contributed by atoms with E-state index in [1.54, 1.807) is 0 Å². The Balaban J connectivity index is 1.63. The van der Waals surface area contributed by atoms with Crippen molar-refractivity contribution in [1.29, 1.82) is 0 Å². The third-order valence-corrected chi connectivity index (χ3v) is 6.26. The van der Waals surface area contributed by atoms with Crippen molar-refractivity contribution in [3.05, 3.63) is 54.1 Å². The highest BCUT2D eigenvalue weighted by Gasteiger charge is 2.21. The molecule has 1 aliphatic rings. The molecule has 0 bridgehead atoms. The third-order valence-electron chi connectivity index (χ3n) is 4.88. The van der Waals surface area contributed by atoms with Gasteiger partial charge in [-0.05, 0) is 25.3 Å². The van der Waals surface area contributed by atoms with Crippen LogP contribution in [0.25, 0.3) is 0 Å². The predicted molar refractivity (Wildman–Crippen MR) is 115 cm³/mol. The van der Waals surface area contributed by atoms with Crippen LogP contribution in [-0.2, 0) is 19.5 Å². The molecule has 1 aliphatic heterocycles. The number of imidazole rings is 1. The number of guanidine groups is 1. The molecule has 3 rings (SSSR count). The summed E-state index contributed by atoms with van der Waals surface area (Å²) in [5, 5.41) is 4.17. The average Bonchev–Trinajstić information content (AvgIpc) is 3.17. The van der Waals surface area contributed by atoms with Crippen molar-refractivity contribution in [3.8, 4) is 0 Å². The maximum absolute atomic E-state index is 4.90. The molecule has 1 aromatic heterocycles. The van der Waals surface area contributed by atoms with Gasteiger partial charge in [-0.3, -0.25) is 0 Å². The van der Waals surface area contributed by atoms with E-state index in [2.05, 4.69) is 81.9 Å². The van der Waals surface area contributed by atoms with E-state index < -0.39 is 0 Å². The van der Waals surface area contributed by atoms with E-state index in [9.17, 15) is 0 Å². The molecule has 0 aliphatic carbocycles. The maximum Gasteiger partial charge on any atom is 0.194 e. The molecule has 0 amide bonds. The molecule has 5 nitrogen and oxygen atoms in total. The van der Waals surface area contributed by atoms with Gasteiger partial charge in [0.15, 0.2) is 5.96 Å². The van der Waals surface area contributed by atoms with Gasteiger partial charge in [-0.2, -0.15) is 11.8 Å². The molecule has 1 unspecified atom stereocenters. The Morgan fingerprint density at radius 2 is 2.15 bits per heavy atom. The Morgan fingerprint density at radius 3 is 2.93 bits per heavy atom. The van der Waals surface area contributed by atoms with Gasteiger partial charge >= 0.3 is 0 Å². The molecular formula is C21H31N5S. The fourth-order valence-corrected chi connectivity index (χ4v) is 4.50. The molecule has 0 spiro atoms. The van der Waals surface area contributed by atoms with Crippen molar-refractivity contribution in [2.24, 2.45) is 4.99 Å². The summed E-state index contributed by atoms with van der Waals surface area (Å²) in [7, 11) is 0. The Labute approximate surface area is 167 Å². The highest BCUT2D eigenvalue weighted by atomic mass is 32.2. The van der Waals surface area contributed by atoms with Crippen LogP contribution in [0.4, 0.5) is 0 Å². The largest absolute Gasteiger partial charge is 0.357 e. The lowest BCUT2D eigenvalue weighted by Crippen LogP contribution is -2.48. The molecule has 0 saturated carbocycles. The minimum absolute atomic E-state index is 0.616. The van der Waals surface area contributed by atoms with Crippen molar-refractivity contribution < 1.29 is 0 Å². The Kier molecular flexibility index (Phi) is 7.63. The number of aryl methyl sites for hydroxylation is 2. The highest BCUT2D eigenvalue weighted by molar-refractivity contribution is 8.00. The van der Waals surface area contributed by atoms with Crippen LogP contribution >= 0.6 is 11.8 Å². The zero-order valence-electron chi connectivity index (χ0n) is 16.5. The van der Waals surface area contributed by atoms with Crippen molar-refractivity contribution >= 4 is 17.7 Å². The molecule has 2 aromatic rings. The molecule has 6 heteroatoms. The van der Waals surface area contributed by atoms with Crippen LogP contribution < -0.4 is 5.32 Å². The van der Waals surface area contributed by atoms with Crippen LogP contribution in [0, 0.1) is 0 Å². The first-order valence-corrected chi connectivity index (χ1v) is 11.0. The predicted octanol–water partition coefficient (Wildman–Crippen LogP) is 3.42. The van der Waals surface area contributed by atoms with Gasteiger partial charge in [0.2, 0.25) is 0 Å². The highest BCUT2D eigenvalue weighted by Crippen LogP contribution is 2.21. The first-order chi connectivity index (χ1) is 13.3. The monoisotopic (exact) mass is 385 g/mol. The number of aromatic nitrogens is 2. The van der Waals surface area contributed by atoms with E-state index in [0.717, 1.165) is 44.4 Å². The van der Waals surface area contributed by atoms with E-state index in [1.165, 1.54) is 17.7 Å². The summed E-state index contributed by atoms with van der Waals surface area (Å²) >= 11 is 2.08. The SMILES string of the molecule is CCNC(=NCc1nccn1CCc1ccccc1)N1CCSC(CC)C1. The zero-order valence-corrected chi connectivity index (χ0v) is 17.3. The van der Waals surface area contributed by atoms with Gasteiger partial charge in [-0.25, -0.2) is 9.98 Å². The Hall–Kier alpha value is -1.95. The second-order valence-corrected chi connectivity index (χ2v) is 8.20. The van der Waals surface area contributed by atoms with Crippen LogP contribution in [0.15, 0.2) is 47.7 Å². The zero-order chi connectivity index (χ0) is 18.9. The molecular weight excluding hydrogens is 354 g/mol. The lowest BCUT2D eigenvalue weighted by Gasteiger charge is -2.34. The number of aliphatic imine (C=N–C) groups is 1. The number of hydrogen-bond acceptors (Lipinski definition) is 3. The molecule has 146 valence electrons.